The Labute approximate surface area is 114 Å². The van der Waals surface area contributed by atoms with Crippen LogP contribution >= 0.6 is 0 Å². The molecule has 0 aliphatic carbocycles. The van der Waals surface area contributed by atoms with Crippen molar-refractivity contribution >= 4 is 0 Å². The van der Waals surface area contributed by atoms with Crippen molar-refractivity contribution < 1.29 is 17.9 Å². The second-order valence-corrected chi connectivity index (χ2v) is 4.04. The quantitative estimate of drug-likeness (QED) is 0.822. The van der Waals surface area contributed by atoms with E-state index < -0.39 is 17.3 Å². The van der Waals surface area contributed by atoms with Crippen LogP contribution in [0.2, 0.25) is 0 Å². The highest BCUT2D eigenvalue weighted by Gasteiger charge is 2.38. The molecule has 0 aromatic heterocycles. The first-order valence-corrected chi connectivity index (χ1v) is 5.72. The van der Waals surface area contributed by atoms with E-state index in [1.54, 1.807) is 36.4 Å². The van der Waals surface area contributed by atoms with Gasteiger partial charge in [-0.2, -0.15) is 18.4 Å². The molecule has 0 fully saturated rings. The van der Waals surface area contributed by atoms with E-state index >= 15 is 0 Å². The molecular weight excluding hydrogens is 267 g/mol. The molecule has 0 amide bonds. The van der Waals surface area contributed by atoms with Crippen LogP contribution in [0.3, 0.4) is 0 Å². The number of benzene rings is 2. The molecule has 0 unspecified atom stereocenters. The van der Waals surface area contributed by atoms with Crippen molar-refractivity contribution in [2.45, 2.75) is 6.18 Å². The number of halogens is 3. The van der Waals surface area contributed by atoms with E-state index in [0.29, 0.717) is 5.56 Å². The molecule has 0 radical (unpaired) electrons. The Morgan fingerprint density at radius 3 is 2.20 bits per heavy atom. The maximum Gasteiger partial charge on any atom is 0.421 e. The first kappa shape index (κ1) is 13.9. The molecule has 2 aromatic rings. The Hall–Kier alpha value is -2.48. The van der Waals surface area contributed by atoms with Crippen LogP contribution in [0.4, 0.5) is 13.2 Å². The van der Waals surface area contributed by atoms with Gasteiger partial charge in [-0.3, -0.25) is 0 Å². The summed E-state index contributed by atoms with van der Waals surface area (Å²) in [5, 5.41) is 9.14. The van der Waals surface area contributed by atoms with Crippen LogP contribution in [0, 0.1) is 11.3 Å². The number of hydrogen-bond donors (Lipinski definition) is 0. The lowest BCUT2D eigenvalue weighted by Gasteiger charge is -2.16. The van der Waals surface area contributed by atoms with Crippen molar-refractivity contribution in [2.75, 3.05) is 7.11 Å². The zero-order valence-corrected chi connectivity index (χ0v) is 10.5. The number of ether oxygens (including phenoxy) is 1. The summed E-state index contributed by atoms with van der Waals surface area (Å²) in [6.07, 6.45) is -4.65. The summed E-state index contributed by atoms with van der Waals surface area (Å²) in [5.74, 6) is -0.353. The van der Waals surface area contributed by atoms with Gasteiger partial charge in [0.15, 0.2) is 0 Å². The molecule has 0 atom stereocenters. The minimum Gasteiger partial charge on any atom is -0.496 e. The largest absolute Gasteiger partial charge is 0.496 e. The summed E-state index contributed by atoms with van der Waals surface area (Å²) in [7, 11) is 1.15. The fourth-order valence-electron chi connectivity index (χ4n) is 2.01. The van der Waals surface area contributed by atoms with Crippen LogP contribution < -0.4 is 4.74 Å². The predicted octanol–water partition coefficient (Wildman–Crippen LogP) is 4.25. The molecule has 0 N–H and O–H groups in total. The number of rotatable bonds is 2. The summed E-state index contributed by atoms with van der Waals surface area (Å²) in [6.45, 7) is 0. The van der Waals surface area contributed by atoms with Gasteiger partial charge in [-0.15, -0.1) is 0 Å². The molecule has 0 saturated carbocycles. The van der Waals surface area contributed by atoms with Gasteiger partial charge in [-0.05, 0) is 17.7 Å². The minimum atomic E-state index is -4.65. The Bertz CT molecular complexity index is 657. The lowest BCUT2D eigenvalue weighted by Crippen LogP contribution is -2.11. The van der Waals surface area contributed by atoms with Gasteiger partial charge in [0, 0.05) is 5.56 Å². The highest BCUT2D eigenvalue weighted by atomic mass is 19.4. The molecule has 2 aromatic carbocycles. The van der Waals surface area contributed by atoms with Crippen molar-refractivity contribution in [2.24, 2.45) is 0 Å². The zero-order valence-electron chi connectivity index (χ0n) is 10.5. The number of methoxy groups -OCH3 is 1. The smallest absolute Gasteiger partial charge is 0.421 e. The number of nitriles is 1. The lowest BCUT2D eigenvalue weighted by atomic mass is 9.95. The molecule has 0 saturated heterocycles. The van der Waals surface area contributed by atoms with Crippen molar-refractivity contribution in [1.29, 1.82) is 5.26 Å². The van der Waals surface area contributed by atoms with E-state index in [1.165, 1.54) is 12.1 Å². The number of nitrogens with zero attached hydrogens (tertiary/aromatic N) is 1. The second kappa shape index (κ2) is 5.25. The van der Waals surface area contributed by atoms with E-state index in [9.17, 15) is 13.2 Å². The summed E-state index contributed by atoms with van der Waals surface area (Å²) >= 11 is 0. The van der Waals surface area contributed by atoms with Crippen LogP contribution in [-0.4, -0.2) is 7.11 Å². The fraction of sp³-hybridized carbons (Fsp3) is 0.133. The van der Waals surface area contributed by atoms with Gasteiger partial charge >= 0.3 is 6.18 Å². The van der Waals surface area contributed by atoms with E-state index in [-0.39, 0.29) is 11.3 Å². The van der Waals surface area contributed by atoms with Gasteiger partial charge in [0.1, 0.15) is 17.4 Å². The average molecular weight is 277 g/mol. The molecule has 2 rings (SSSR count). The standard InChI is InChI=1S/C15H10F3NO/c1-20-13-8-7-11(10-5-3-2-4-6-10)12(9-19)14(13)15(16,17)18/h2-8H,1H3. The first-order chi connectivity index (χ1) is 9.49. The average Bonchev–Trinajstić information content (AvgIpc) is 2.45. The Kier molecular flexibility index (Phi) is 3.66. The van der Waals surface area contributed by atoms with Crippen molar-refractivity contribution in [3.63, 3.8) is 0 Å². The van der Waals surface area contributed by atoms with Gasteiger partial charge in [0.2, 0.25) is 0 Å². The molecule has 20 heavy (non-hydrogen) atoms. The second-order valence-electron chi connectivity index (χ2n) is 4.04. The third-order valence-electron chi connectivity index (χ3n) is 2.87. The number of hydrogen-bond acceptors (Lipinski definition) is 2. The molecule has 0 aliphatic rings. The molecule has 5 heteroatoms. The van der Waals surface area contributed by atoms with Crippen LogP contribution in [0.25, 0.3) is 11.1 Å². The summed E-state index contributed by atoms with van der Waals surface area (Å²) < 4.78 is 44.2. The molecule has 0 heterocycles. The Balaban J connectivity index is 2.77. The van der Waals surface area contributed by atoms with Crippen molar-refractivity contribution in [1.82, 2.24) is 0 Å². The van der Waals surface area contributed by atoms with Crippen LogP contribution in [-0.2, 0) is 6.18 Å². The van der Waals surface area contributed by atoms with E-state index in [1.807, 2.05) is 0 Å². The monoisotopic (exact) mass is 277 g/mol. The molecule has 102 valence electrons. The van der Waals surface area contributed by atoms with Gasteiger partial charge in [-0.1, -0.05) is 30.3 Å². The fourth-order valence-corrected chi connectivity index (χ4v) is 2.01. The van der Waals surface area contributed by atoms with Gasteiger partial charge in [-0.25, -0.2) is 0 Å². The Morgan fingerprint density at radius 1 is 1.05 bits per heavy atom. The maximum atomic E-state index is 13.1. The van der Waals surface area contributed by atoms with Gasteiger partial charge in [0.25, 0.3) is 0 Å². The number of alkyl halides is 3. The summed E-state index contributed by atoms with van der Waals surface area (Å²) in [5.41, 5.74) is -0.676. The third-order valence-corrected chi connectivity index (χ3v) is 2.87. The minimum absolute atomic E-state index is 0.237. The molecule has 0 spiro atoms. The normalized spacial score (nSPS) is 10.9. The third kappa shape index (κ3) is 2.45. The molecular formula is C15H10F3NO. The maximum absolute atomic E-state index is 13.1. The zero-order chi connectivity index (χ0) is 14.8. The SMILES string of the molecule is COc1ccc(-c2ccccc2)c(C#N)c1C(F)(F)F. The highest BCUT2D eigenvalue weighted by molar-refractivity contribution is 5.74. The van der Waals surface area contributed by atoms with Crippen LogP contribution in [0.15, 0.2) is 42.5 Å². The highest BCUT2D eigenvalue weighted by Crippen LogP contribution is 2.42. The van der Waals surface area contributed by atoms with Crippen molar-refractivity contribution in [3.05, 3.63) is 53.6 Å². The Morgan fingerprint density at radius 2 is 1.70 bits per heavy atom. The van der Waals surface area contributed by atoms with Crippen LogP contribution in [0.1, 0.15) is 11.1 Å². The summed E-state index contributed by atoms with van der Waals surface area (Å²) in [6, 6.07) is 12.8. The van der Waals surface area contributed by atoms with E-state index in [4.69, 9.17) is 10.00 Å². The van der Waals surface area contributed by atoms with E-state index in [0.717, 1.165) is 7.11 Å². The van der Waals surface area contributed by atoms with Gasteiger partial charge < -0.3 is 4.74 Å². The van der Waals surface area contributed by atoms with Crippen LogP contribution in [0.5, 0.6) is 5.75 Å². The predicted molar refractivity (Wildman–Crippen MR) is 68.1 cm³/mol. The van der Waals surface area contributed by atoms with Gasteiger partial charge in [0.05, 0.1) is 12.7 Å². The molecule has 0 aliphatic heterocycles. The lowest BCUT2D eigenvalue weighted by molar-refractivity contribution is -0.138. The molecule has 2 nitrogen and oxygen atoms in total. The molecule has 0 bridgehead atoms. The first-order valence-electron chi connectivity index (χ1n) is 5.72. The topological polar surface area (TPSA) is 33.0 Å². The van der Waals surface area contributed by atoms with Crippen molar-refractivity contribution in [3.8, 4) is 22.9 Å². The van der Waals surface area contributed by atoms with E-state index in [2.05, 4.69) is 0 Å². The summed E-state index contributed by atoms with van der Waals surface area (Å²) in [4.78, 5) is 0.